The molecular weight excluding hydrogens is 675 g/mol. The van der Waals surface area contributed by atoms with Crippen LogP contribution in [0.3, 0.4) is 0 Å². The van der Waals surface area contributed by atoms with Crippen LogP contribution in [-0.2, 0) is 28.2 Å². The highest BCUT2D eigenvalue weighted by molar-refractivity contribution is 7.46. The van der Waals surface area contributed by atoms with Crippen LogP contribution in [-0.4, -0.2) is 41.0 Å². The summed E-state index contributed by atoms with van der Waals surface area (Å²) in [6.07, 6.45) is 50.2. The largest absolute Gasteiger partial charge is 0.469 e. The molecule has 8 nitrogen and oxygen atoms in total. The lowest BCUT2D eigenvalue weighted by Crippen LogP contribution is -2.29. The Balaban J connectivity index is 4.10. The van der Waals surface area contributed by atoms with Crippen molar-refractivity contribution in [2.24, 2.45) is 0 Å². The number of hydrogen-bond donors (Lipinski definition) is 2. The molecule has 296 valence electrons. The molecule has 0 aliphatic carbocycles. The zero-order chi connectivity index (χ0) is 38.2. The molecule has 0 fully saturated rings. The van der Waals surface area contributed by atoms with Crippen LogP contribution in [0.15, 0.2) is 85.1 Å². The first-order valence-electron chi connectivity index (χ1n) is 19.9. The fourth-order valence-electron chi connectivity index (χ4n) is 4.97. The van der Waals surface area contributed by atoms with Gasteiger partial charge in [-0.2, -0.15) is 0 Å². The van der Waals surface area contributed by atoms with Gasteiger partial charge in [-0.3, -0.25) is 14.1 Å². The molecule has 0 unspecified atom stereocenters. The molecule has 0 aromatic heterocycles. The van der Waals surface area contributed by atoms with E-state index in [1.807, 2.05) is 6.08 Å². The van der Waals surface area contributed by atoms with Gasteiger partial charge in [0.2, 0.25) is 0 Å². The molecule has 2 N–H and O–H groups in total. The van der Waals surface area contributed by atoms with E-state index < -0.39 is 32.5 Å². The van der Waals surface area contributed by atoms with E-state index in [1.165, 1.54) is 38.5 Å². The standard InChI is InChI=1S/C43H71O8P/c1-3-5-7-9-11-13-15-17-19-21-23-25-27-29-31-33-35-37-42(44)49-39-41(40-50-52(46,47)48)51-43(45)38-36-34-32-30-28-26-24-22-20-18-16-14-12-10-8-6-4-2/h5,7,11,13,17-20,23-26,30,32,41H,3-4,6,8-10,12,14-16,21-22,27-29,31,33-40H2,1-2H3,(H2,46,47,48)/b7-5-,13-11-,19-17-,20-18-,25-23-,26-24-,32-30-/t41-/m1/s1. The van der Waals surface area contributed by atoms with Crippen LogP contribution in [0.5, 0.6) is 0 Å². The van der Waals surface area contributed by atoms with E-state index >= 15 is 0 Å². The van der Waals surface area contributed by atoms with Crippen molar-refractivity contribution in [2.75, 3.05) is 13.2 Å². The SMILES string of the molecule is CC/C=C\C/C=C\C/C=C\C/C=C\CCCCCCC(=O)OC[C@H](COP(=O)(O)O)OC(=O)CCC/C=C\C/C=C\C/C=C\CCCCCCCC. The van der Waals surface area contributed by atoms with E-state index in [1.54, 1.807) is 0 Å². The first kappa shape index (κ1) is 49.2. The van der Waals surface area contributed by atoms with Crippen LogP contribution < -0.4 is 0 Å². The highest BCUT2D eigenvalue weighted by atomic mass is 31.2. The van der Waals surface area contributed by atoms with Crippen LogP contribution in [0.2, 0.25) is 0 Å². The number of carbonyl (C=O) groups excluding carboxylic acids is 2. The molecule has 0 saturated carbocycles. The maximum absolute atomic E-state index is 12.4. The van der Waals surface area contributed by atoms with E-state index in [4.69, 9.17) is 19.3 Å². The van der Waals surface area contributed by atoms with Crippen molar-refractivity contribution < 1.29 is 37.9 Å². The van der Waals surface area contributed by atoms with E-state index in [2.05, 4.69) is 97.4 Å². The first-order valence-corrected chi connectivity index (χ1v) is 21.4. The third-order valence-electron chi connectivity index (χ3n) is 7.90. The van der Waals surface area contributed by atoms with Gasteiger partial charge in [-0.25, -0.2) is 4.57 Å². The number of esters is 2. The molecule has 0 bridgehead atoms. The van der Waals surface area contributed by atoms with Gasteiger partial charge < -0.3 is 19.3 Å². The van der Waals surface area contributed by atoms with E-state index in [0.717, 1.165) is 70.6 Å². The maximum atomic E-state index is 12.4. The quantitative estimate of drug-likeness (QED) is 0.0285. The second-order valence-electron chi connectivity index (χ2n) is 12.9. The van der Waals surface area contributed by atoms with Crippen molar-refractivity contribution in [3.8, 4) is 0 Å². The highest BCUT2D eigenvalue weighted by Gasteiger charge is 2.22. The number of rotatable bonds is 35. The second-order valence-corrected chi connectivity index (χ2v) is 14.1. The van der Waals surface area contributed by atoms with Gasteiger partial charge in [-0.15, -0.1) is 0 Å². The summed E-state index contributed by atoms with van der Waals surface area (Å²) >= 11 is 0. The van der Waals surface area contributed by atoms with Crippen LogP contribution >= 0.6 is 7.82 Å². The van der Waals surface area contributed by atoms with Crippen molar-refractivity contribution in [1.82, 2.24) is 0 Å². The minimum absolute atomic E-state index is 0.130. The van der Waals surface area contributed by atoms with Gasteiger partial charge in [0.1, 0.15) is 6.61 Å². The van der Waals surface area contributed by atoms with Crippen molar-refractivity contribution in [3.05, 3.63) is 85.1 Å². The predicted molar refractivity (Wildman–Crippen MR) is 216 cm³/mol. The zero-order valence-electron chi connectivity index (χ0n) is 32.4. The Hall–Kier alpha value is -2.77. The Bertz CT molecular complexity index is 1110. The lowest BCUT2D eigenvalue weighted by atomic mass is 10.1. The molecule has 0 aromatic carbocycles. The van der Waals surface area contributed by atoms with E-state index in [9.17, 15) is 14.2 Å². The number of unbranched alkanes of at least 4 members (excludes halogenated alkanes) is 11. The Kier molecular flexibility index (Phi) is 35.9. The van der Waals surface area contributed by atoms with Gasteiger partial charge >= 0.3 is 19.8 Å². The van der Waals surface area contributed by atoms with Gasteiger partial charge in [0.05, 0.1) is 6.61 Å². The third-order valence-corrected chi connectivity index (χ3v) is 8.38. The Morgan fingerprint density at radius 1 is 0.519 bits per heavy atom. The summed E-state index contributed by atoms with van der Waals surface area (Å²) in [4.78, 5) is 42.8. The fraction of sp³-hybridized carbons (Fsp3) is 0.628. The minimum Gasteiger partial charge on any atom is -0.462 e. The van der Waals surface area contributed by atoms with Crippen LogP contribution in [0, 0.1) is 0 Å². The lowest BCUT2D eigenvalue weighted by Gasteiger charge is -2.18. The molecule has 52 heavy (non-hydrogen) atoms. The smallest absolute Gasteiger partial charge is 0.462 e. The van der Waals surface area contributed by atoms with Crippen LogP contribution in [0.4, 0.5) is 0 Å². The summed E-state index contributed by atoms with van der Waals surface area (Å²) in [5, 5.41) is 0. The van der Waals surface area contributed by atoms with E-state index in [0.29, 0.717) is 19.3 Å². The number of phosphoric ester groups is 1. The molecule has 0 heterocycles. The number of ether oxygens (including phenoxy) is 2. The minimum atomic E-state index is -4.78. The van der Waals surface area contributed by atoms with Crippen molar-refractivity contribution in [3.63, 3.8) is 0 Å². The summed E-state index contributed by atoms with van der Waals surface area (Å²) in [6.45, 7) is 3.48. The Morgan fingerprint density at radius 2 is 0.942 bits per heavy atom. The Morgan fingerprint density at radius 3 is 1.44 bits per heavy atom. The van der Waals surface area contributed by atoms with Crippen LogP contribution in [0.1, 0.15) is 155 Å². The molecule has 0 aliphatic rings. The number of hydrogen-bond acceptors (Lipinski definition) is 6. The molecule has 0 aliphatic heterocycles. The summed E-state index contributed by atoms with van der Waals surface area (Å²) < 4.78 is 26.3. The molecule has 1 atom stereocenters. The molecule has 0 amide bonds. The van der Waals surface area contributed by atoms with Gasteiger partial charge in [0.25, 0.3) is 0 Å². The maximum Gasteiger partial charge on any atom is 0.469 e. The molecule has 0 radical (unpaired) electrons. The summed E-state index contributed by atoms with van der Waals surface area (Å²) in [7, 11) is -4.78. The third kappa shape index (κ3) is 40.0. The topological polar surface area (TPSA) is 119 Å². The van der Waals surface area contributed by atoms with Gasteiger partial charge in [-0.1, -0.05) is 144 Å². The monoisotopic (exact) mass is 746 g/mol. The average molecular weight is 747 g/mol. The van der Waals surface area contributed by atoms with Crippen LogP contribution in [0.25, 0.3) is 0 Å². The first-order chi connectivity index (χ1) is 25.3. The summed E-state index contributed by atoms with van der Waals surface area (Å²) in [5.41, 5.74) is 0. The van der Waals surface area contributed by atoms with Crippen molar-refractivity contribution in [2.45, 2.75) is 161 Å². The molecule has 0 spiro atoms. The normalized spacial score (nSPS) is 13.4. The zero-order valence-corrected chi connectivity index (χ0v) is 33.3. The van der Waals surface area contributed by atoms with Gasteiger partial charge in [0.15, 0.2) is 6.10 Å². The lowest BCUT2D eigenvalue weighted by molar-refractivity contribution is -0.161. The predicted octanol–water partition coefficient (Wildman–Crippen LogP) is 12.1. The summed E-state index contributed by atoms with van der Waals surface area (Å²) in [6, 6.07) is 0. The van der Waals surface area contributed by atoms with Crippen molar-refractivity contribution >= 4 is 19.8 Å². The molecule has 0 rings (SSSR count). The highest BCUT2D eigenvalue weighted by Crippen LogP contribution is 2.36. The number of phosphoric acid groups is 1. The molecule has 0 saturated heterocycles. The van der Waals surface area contributed by atoms with Crippen molar-refractivity contribution in [1.29, 1.82) is 0 Å². The van der Waals surface area contributed by atoms with Gasteiger partial charge in [-0.05, 0) is 83.5 Å². The molecular formula is C43H71O8P. The fourth-order valence-corrected chi connectivity index (χ4v) is 5.33. The average Bonchev–Trinajstić information content (AvgIpc) is 3.11. The number of carbonyl (C=O) groups is 2. The Labute approximate surface area is 316 Å². The number of allylic oxidation sites excluding steroid dienone is 14. The second kappa shape index (κ2) is 38.0. The van der Waals surface area contributed by atoms with E-state index in [-0.39, 0.29) is 19.4 Å². The molecule has 9 heteroatoms. The summed E-state index contributed by atoms with van der Waals surface area (Å²) in [5.74, 6) is -0.982. The van der Waals surface area contributed by atoms with Gasteiger partial charge in [0, 0.05) is 12.8 Å². The molecule has 0 aromatic rings.